The summed E-state index contributed by atoms with van der Waals surface area (Å²) in [6.45, 7) is 1.79. The number of halogens is 1. The van der Waals surface area contributed by atoms with E-state index in [4.69, 9.17) is 0 Å². The van der Waals surface area contributed by atoms with Crippen molar-refractivity contribution < 1.29 is 14.0 Å². The molecule has 1 heterocycles. The van der Waals surface area contributed by atoms with Crippen LogP contribution in [0.1, 0.15) is 15.9 Å². The number of carbonyl (C=O) groups excluding carboxylic acids is 2. The van der Waals surface area contributed by atoms with Crippen molar-refractivity contribution in [1.82, 2.24) is 20.2 Å². The zero-order valence-electron chi connectivity index (χ0n) is 15.2. The lowest BCUT2D eigenvalue weighted by Crippen LogP contribution is -2.37. The molecule has 8 heteroatoms. The smallest absolute Gasteiger partial charge is 0.261 e. The van der Waals surface area contributed by atoms with Gasteiger partial charge in [-0.15, -0.1) is 0 Å². The van der Waals surface area contributed by atoms with Gasteiger partial charge in [-0.1, -0.05) is 18.2 Å². The van der Waals surface area contributed by atoms with Crippen LogP contribution in [0.2, 0.25) is 0 Å². The van der Waals surface area contributed by atoms with E-state index in [1.807, 2.05) is 0 Å². The Hall–Kier alpha value is -3.55. The van der Waals surface area contributed by atoms with Crippen molar-refractivity contribution in [3.63, 3.8) is 0 Å². The van der Waals surface area contributed by atoms with Gasteiger partial charge in [0.15, 0.2) is 0 Å². The Morgan fingerprint density at radius 3 is 2.64 bits per heavy atom. The van der Waals surface area contributed by atoms with Crippen LogP contribution in [0.4, 0.5) is 4.39 Å². The molecule has 28 heavy (non-hydrogen) atoms. The lowest BCUT2D eigenvalue weighted by atomic mass is 10.1. The summed E-state index contributed by atoms with van der Waals surface area (Å²) >= 11 is 0. The molecule has 0 saturated carbocycles. The maximum Gasteiger partial charge on any atom is 0.261 e. The van der Waals surface area contributed by atoms with Gasteiger partial charge in [0, 0.05) is 18.7 Å². The summed E-state index contributed by atoms with van der Waals surface area (Å²) < 4.78 is 14.7. The van der Waals surface area contributed by atoms with E-state index in [0.717, 1.165) is 0 Å². The first-order valence-electron chi connectivity index (χ1n) is 8.71. The summed E-state index contributed by atoms with van der Waals surface area (Å²) in [5.74, 6) is -1.26. The van der Waals surface area contributed by atoms with Crippen LogP contribution >= 0.6 is 0 Å². The number of nitrogens with zero attached hydrogens (tertiary/aromatic N) is 2. The number of nitrogens with one attached hydrogen (secondary N) is 2. The second kappa shape index (κ2) is 8.43. The van der Waals surface area contributed by atoms with Gasteiger partial charge in [0.2, 0.25) is 5.91 Å². The molecule has 3 aromatic rings. The third kappa shape index (κ3) is 4.40. The Morgan fingerprint density at radius 2 is 1.86 bits per heavy atom. The summed E-state index contributed by atoms with van der Waals surface area (Å²) in [6.07, 6.45) is 1.33. The summed E-state index contributed by atoms with van der Waals surface area (Å²) in [5.41, 5.74) is 0.945. The van der Waals surface area contributed by atoms with Gasteiger partial charge in [-0.05, 0) is 36.8 Å². The van der Waals surface area contributed by atoms with E-state index >= 15 is 0 Å². The first-order chi connectivity index (χ1) is 13.5. The predicted octanol–water partition coefficient (Wildman–Crippen LogP) is 1.39. The minimum atomic E-state index is -0.449. The highest BCUT2D eigenvalue weighted by Gasteiger charge is 2.09. The maximum atomic E-state index is 13.5. The highest BCUT2D eigenvalue weighted by atomic mass is 19.1. The molecule has 2 N–H and O–H groups in total. The minimum Gasteiger partial charge on any atom is -0.353 e. The molecule has 0 aliphatic heterocycles. The first kappa shape index (κ1) is 19.2. The van der Waals surface area contributed by atoms with Crippen molar-refractivity contribution in [2.45, 2.75) is 13.5 Å². The van der Waals surface area contributed by atoms with Crippen LogP contribution in [0.15, 0.2) is 53.6 Å². The molecule has 0 fully saturated rings. The lowest BCUT2D eigenvalue weighted by Gasteiger charge is -2.09. The van der Waals surface area contributed by atoms with Gasteiger partial charge in [-0.3, -0.25) is 19.0 Å². The number of amides is 2. The molecular formula is C20H19FN4O3. The van der Waals surface area contributed by atoms with E-state index in [1.165, 1.54) is 29.1 Å². The summed E-state index contributed by atoms with van der Waals surface area (Å²) in [6, 6.07) is 11.1. The number of hydrogen-bond donors (Lipinski definition) is 2. The number of carbonyl (C=O) groups is 2. The third-order valence-electron chi connectivity index (χ3n) is 4.21. The Bertz CT molecular complexity index is 1090. The number of rotatable bonds is 6. The van der Waals surface area contributed by atoms with Crippen molar-refractivity contribution in [3.8, 4) is 0 Å². The number of aromatic nitrogens is 2. The molecule has 2 aromatic carbocycles. The number of para-hydroxylation sites is 1. The number of benzene rings is 2. The van der Waals surface area contributed by atoms with Gasteiger partial charge in [0.05, 0.1) is 17.2 Å². The van der Waals surface area contributed by atoms with Crippen LogP contribution in [0, 0.1) is 12.7 Å². The summed E-state index contributed by atoms with van der Waals surface area (Å²) in [5, 5.41) is 5.66. The van der Waals surface area contributed by atoms with E-state index in [-0.39, 0.29) is 36.7 Å². The molecule has 0 atom stereocenters. The zero-order valence-corrected chi connectivity index (χ0v) is 15.2. The number of aryl methyl sites for hydroxylation is 1. The van der Waals surface area contributed by atoms with Gasteiger partial charge in [-0.2, -0.15) is 0 Å². The van der Waals surface area contributed by atoms with Crippen molar-refractivity contribution in [3.05, 3.63) is 76.1 Å². The van der Waals surface area contributed by atoms with Crippen molar-refractivity contribution >= 4 is 22.7 Å². The topological polar surface area (TPSA) is 93.1 Å². The van der Waals surface area contributed by atoms with Gasteiger partial charge in [0.25, 0.3) is 11.5 Å². The largest absolute Gasteiger partial charge is 0.353 e. The Kier molecular flexibility index (Phi) is 5.78. The fourth-order valence-electron chi connectivity index (χ4n) is 2.64. The van der Waals surface area contributed by atoms with Gasteiger partial charge in [-0.25, -0.2) is 9.37 Å². The molecule has 0 aliphatic rings. The zero-order chi connectivity index (χ0) is 20.1. The molecular weight excluding hydrogens is 363 g/mol. The van der Waals surface area contributed by atoms with Crippen molar-refractivity contribution in [2.24, 2.45) is 0 Å². The summed E-state index contributed by atoms with van der Waals surface area (Å²) in [4.78, 5) is 40.5. The van der Waals surface area contributed by atoms with E-state index in [0.29, 0.717) is 16.5 Å². The third-order valence-corrected chi connectivity index (χ3v) is 4.21. The van der Waals surface area contributed by atoms with Crippen LogP contribution < -0.4 is 16.2 Å². The molecule has 0 spiro atoms. The van der Waals surface area contributed by atoms with E-state index in [1.54, 1.807) is 31.2 Å². The monoisotopic (exact) mass is 382 g/mol. The van der Waals surface area contributed by atoms with Crippen molar-refractivity contribution in [2.75, 3.05) is 13.1 Å². The SMILES string of the molecule is Cc1ccc(C(=O)NCCNC(=O)Cn2cnc3ccccc3c2=O)cc1F. The maximum absolute atomic E-state index is 13.5. The Morgan fingerprint density at radius 1 is 1.11 bits per heavy atom. The molecule has 0 unspecified atom stereocenters. The normalized spacial score (nSPS) is 10.6. The summed E-state index contributed by atoms with van der Waals surface area (Å²) in [7, 11) is 0. The van der Waals surface area contributed by atoms with Gasteiger partial charge < -0.3 is 10.6 Å². The molecule has 0 bridgehead atoms. The van der Waals surface area contributed by atoms with Gasteiger partial charge in [0.1, 0.15) is 12.4 Å². The molecule has 3 rings (SSSR count). The van der Waals surface area contributed by atoms with Crippen LogP contribution in [-0.2, 0) is 11.3 Å². The second-order valence-electron chi connectivity index (χ2n) is 6.26. The fourth-order valence-corrected chi connectivity index (χ4v) is 2.64. The quantitative estimate of drug-likeness (QED) is 0.630. The molecule has 0 radical (unpaired) electrons. The molecule has 0 saturated heterocycles. The van der Waals surface area contributed by atoms with Crippen LogP contribution in [0.5, 0.6) is 0 Å². The molecule has 1 aromatic heterocycles. The lowest BCUT2D eigenvalue weighted by molar-refractivity contribution is -0.121. The predicted molar refractivity (Wildman–Crippen MR) is 102 cm³/mol. The second-order valence-corrected chi connectivity index (χ2v) is 6.26. The highest BCUT2D eigenvalue weighted by Crippen LogP contribution is 2.08. The molecule has 2 amide bonds. The van der Waals surface area contributed by atoms with Gasteiger partial charge >= 0.3 is 0 Å². The molecule has 7 nitrogen and oxygen atoms in total. The van der Waals surface area contributed by atoms with E-state index in [9.17, 15) is 18.8 Å². The average molecular weight is 382 g/mol. The van der Waals surface area contributed by atoms with Crippen LogP contribution in [-0.4, -0.2) is 34.5 Å². The minimum absolute atomic E-state index is 0.172. The highest BCUT2D eigenvalue weighted by molar-refractivity contribution is 5.94. The van der Waals surface area contributed by atoms with Crippen LogP contribution in [0.25, 0.3) is 10.9 Å². The van der Waals surface area contributed by atoms with Crippen molar-refractivity contribution in [1.29, 1.82) is 0 Å². The Balaban J connectivity index is 1.50. The molecule has 0 aliphatic carbocycles. The number of fused-ring (bicyclic) bond motifs is 1. The molecule has 144 valence electrons. The first-order valence-corrected chi connectivity index (χ1v) is 8.71. The van der Waals surface area contributed by atoms with Crippen LogP contribution in [0.3, 0.4) is 0 Å². The fraction of sp³-hybridized carbons (Fsp3) is 0.200. The van der Waals surface area contributed by atoms with E-state index in [2.05, 4.69) is 15.6 Å². The Labute approximate surface area is 160 Å². The standard InChI is InChI=1S/C20H19FN4O3/c1-13-6-7-14(10-16(13)21)19(27)23-9-8-22-18(26)11-25-12-24-17-5-3-2-4-15(17)20(25)28/h2-7,10,12H,8-9,11H2,1H3,(H,22,26)(H,23,27). The number of hydrogen-bond acceptors (Lipinski definition) is 4. The average Bonchev–Trinajstić information content (AvgIpc) is 2.69. The van der Waals surface area contributed by atoms with E-state index < -0.39 is 11.7 Å².